The molecule has 0 heterocycles. The predicted molar refractivity (Wildman–Crippen MR) is 69.1 cm³/mol. The second-order valence-electron chi connectivity index (χ2n) is 4.71. The molecule has 0 spiro atoms. The topological polar surface area (TPSA) is 52.3 Å². The van der Waals surface area contributed by atoms with Crippen molar-refractivity contribution in [1.82, 2.24) is 0 Å². The van der Waals surface area contributed by atoms with Crippen molar-refractivity contribution in [3.8, 4) is 0 Å². The largest absolute Gasteiger partial charge is 0.469 e. The Kier molecular flexibility index (Phi) is 4.54. The second kappa shape index (κ2) is 5.52. The van der Waals surface area contributed by atoms with Gasteiger partial charge in [0.25, 0.3) is 0 Å². The van der Waals surface area contributed by atoms with Gasteiger partial charge in [-0.05, 0) is 31.5 Å². The number of hydrogen-bond donors (Lipinski definition) is 1. The van der Waals surface area contributed by atoms with Crippen LogP contribution in [0.3, 0.4) is 0 Å². The third-order valence-corrected chi connectivity index (χ3v) is 2.98. The van der Waals surface area contributed by atoms with E-state index in [2.05, 4.69) is 0 Å². The number of carbonyl (C=O) groups excluding carboxylic acids is 1. The van der Waals surface area contributed by atoms with Crippen LogP contribution in [0.4, 0.5) is 0 Å². The van der Waals surface area contributed by atoms with Crippen LogP contribution in [0.5, 0.6) is 0 Å². The van der Waals surface area contributed by atoms with Gasteiger partial charge in [0.15, 0.2) is 0 Å². The summed E-state index contributed by atoms with van der Waals surface area (Å²) in [5.74, 6) is -0.387. The van der Waals surface area contributed by atoms with Gasteiger partial charge >= 0.3 is 5.97 Å². The van der Waals surface area contributed by atoms with Gasteiger partial charge in [0.2, 0.25) is 0 Å². The van der Waals surface area contributed by atoms with Gasteiger partial charge in [0, 0.05) is 16.5 Å². The highest BCUT2D eigenvalue weighted by molar-refractivity contribution is 6.30. The van der Waals surface area contributed by atoms with Crippen molar-refractivity contribution in [2.45, 2.75) is 31.7 Å². The van der Waals surface area contributed by atoms with Crippen LogP contribution < -0.4 is 5.73 Å². The summed E-state index contributed by atoms with van der Waals surface area (Å²) in [6.45, 7) is 3.78. The molecule has 0 amide bonds. The summed E-state index contributed by atoms with van der Waals surface area (Å²) >= 11 is 5.95. The lowest BCUT2D eigenvalue weighted by Crippen LogP contribution is -2.40. The fourth-order valence-corrected chi connectivity index (χ4v) is 1.98. The number of benzene rings is 1. The normalized spacial score (nSPS) is 13.2. The SMILES string of the molecule is COC(=O)CC(c1cccc(Cl)c1)C(C)(C)N. The molecule has 17 heavy (non-hydrogen) atoms. The van der Waals surface area contributed by atoms with E-state index in [1.165, 1.54) is 7.11 Å². The number of ether oxygens (including phenoxy) is 1. The number of hydrogen-bond acceptors (Lipinski definition) is 3. The summed E-state index contributed by atoms with van der Waals surface area (Å²) in [6.07, 6.45) is 0.250. The third-order valence-electron chi connectivity index (χ3n) is 2.75. The summed E-state index contributed by atoms with van der Waals surface area (Å²) in [5.41, 5.74) is 6.55. The molecule has 0 bridgehead atoms. The lowest BCUT2D eigenvalue weighted by Gasteiger charge is -2.30. The molecule has 4 heteroatoms. The van der Waals surface area contributed by atoms with E-state index in [1.54, 1.807) is 6.07 Å². The van der Waals surface area contributed by atoms with Crippen LogP contribution in [0.15, 0.2) is 24.3 Å². The molecule has 2 N–H and O–H groups in total. The van der Waals surface area contributed by atoms with Gasteiger partial charge in [0.1, 0.15) is 0 Å². The van der Waals surface area contributed by atoms with Crippen molar-refractivity contribution in [3.05, 3.63) is 34.9 Å². The van der Waals surface area contributed by atoms with Crippen LogP contribution in [-0.2, 0) is 9.53 Å². The minimum atomic E-state index is -0.515. The predicted octanol–water partition coefficient (Wildman–Crippen LogP) is 2.72. The molecule has 0 aliphatic heterocycles. The highest BCUT2D eigenvalue weighted by Crippen LogP contribution is 2.31. The zero-order valence-corrected chi connectivity index (χ0v) is 11.1. The van der Waals surface area contributed by atoms with Crippen LogP contribution in [0.25, 0.3) is 0 Å². The van der Waals surface area contributed by atoms with Crippen molar-refractivity contribution < 1.29 is 9.53 Å². The van der Waals surface area contributed by atoms with E-state index >= 15 is 0 Å². The lowest BCUT2D eigenvalue weighted by molar-refractivity contribution is -0.141. The Bertz CT molecular complexity index is 399. The van der Waals surface area contributed by atoms with Gasteiger partial charge in [-0.25, -0.2) is 0 Å². The molecular weight excluding hydrogens is 238 g/mol. The van der Waals surface area contributed by atoms with Gasteiger partial charge < -0.3 is 10.5 Å². The second-order valence-corrected chi connectivity index (χ2v) is 5.15. The molecule has 0 saturated heterocycles. The lowest BCUT2D eigenvalue weighted by atomic mass is 9.80. The molecule has 0 radical (unpaired) electrons. The minimum absolute atomic E-state index is 0.117. The van der Waals surface area contributed by atoms with Crippen molar-refractivity contribution >= 4 is 17.6 Å². The Labute approximate surface area is 107 Å². The van der Waals surface area contributed by atoms with Crippen LogP contribution in [0.1, 0.15) is 31.7 Å². The quantitative estimate of drug-likeness (QED) is 0.842. The van der Waals surface area contributed by atoms with E-state index in [0.29, 0.717) is 5.02 Å². The molecule has 0 aromatic heterocycles. The molecule has 3 nitrogen and oxygen atoms in total. The molecule has 1 aromatic carbocycles. The average Bonchev–Trinajstić information content (AvgIpc) is 2.23. The van der Waals surface area contributed by atoms with E-state index in [1.807, 2.05) is 32.0 Å². The van der Waals surface area contributed by atoms with Crippen LogP contribution in [0.2, 0.25) is 5.02 Å². The number of halogens is 1. The summed E-state index contributed by atoms with van der Waals surface area (Å²) < 4.78 is 4.70. The summed E-state index contributed by atoms with van der Waals surface area (Å²) in [5, 5.41) is 0.640. The maximum atomic E-state index is 11.4. The summed E-state index contributed by atoms with van der Waals surface area (Å²) in [6, 6.07) is 7.41. The highest BCUT2D eigenvalue weighted by atomic mass is 35.5. The number of nitrogens with two attached hydrogens (primary N) is 1. The van der Waals surface area contributed by atoms with Crippen molar-refractivity contribution in [2.24, 2.45) is 5.73 Å². The molecular formula is C13H18ClNO2. The average molecular weight is 256 g/mol. The number of methoxy groups -OCH3 is 1. The first-order valence-corrected chi connectivity index (χ1v) is 5.83. The Balaban J connectivity index is 3.02. The summed E-state index contributed by atoms with van der Waals surface area (Å²) in [7, 11) is 1.38. The smallest absolute Gasteiger partial charge is 0.306 e. The van der Waals surface area contributed by atoms with Gasteiger partial charge in [0.05, 0.1) is 13.5 Å². The van der Waals surface area contributed by atoms with Gasteiger partial charge in [-0.1, -0.05) is 23.7 Å². The molecule has 0 saturated carbocycles. The first-order chi connectivity index (χ1) is 7.84. The van der Waals surface area contributed by atoms with Crippen molar-refractivity contribution in [3.63, 3.8) is 0 Å². The van der Waals surface area contributed by atoms with E-state index in [4.69, 9.17) is 22.1 Å². The standard InChI is InChI=1S/C13H18ClNO2/c1-13(2,15)11(8-12(16)17-3)9-5-4-6-10(14)7-9/h4-7,11H,8,15H2,1-3H3. The van der Waals surface area contributed by atoms with E-state index in [-0.39, 0.29) is 18.3 Å². The molecule has 1 aromatic rings. The fraction of sp³-hybridized carbons (Fsp3) is 0.462. The van der Waals surface area contributed by atoms with Crippen molar-refractivity contribution in [1.29, 1.82) is 0 Å². The maximum Gasteiger partial charge on any atom is 0.306 e. The molecule has 1 atom stereocenters. The van der Waals surface area contributed by atoms with E-state index in [9.17, 15) is 4.79 Å². The highest BCUT2D eigenvalue weighted by Gasteiger charge is 2.29. The first-order valence-electron chi connectivity index (χ1n) is 5.45. The molecule has 1 rings (SSSR count). The Morgan fingerprint density at radius 3 is 2.65 bits per heavy atom. The number of carbonyl (C=O) groups is 1. The van der Waals surface area contributed by atoms with Crippen LogP contribution >= 0.6 is 11.6 Å². The maximum absolute atomic E-state index is 11.4. The monoisotopic (exact) mass is 255 g/mol. The van der Waals surface area contributed by atoms with Crippen LogP contribution in [0, 0.1) is 0 Å². The molecule has 0 aliphatic rings. The molecule has 0 aliphatic carbocycles. The van der Waals surface area contributed by atoms with E-state index < -0.39 is 5.54 Å². The Morgan fingerprint density at radius 2 is 2.18 bits per heavy atom. The van der Waals surface area contributed by atoms with Gasteiger partial charge in [-0.2, -0.15) is 0 Å². The molecule has 94 valence electrons. The van der Waals surface area contributed by atoms with Crippen LogP contribution in [-0.4, -0.2) is 18.6 Å². The first kappa shape index (κ1) is 14.0. The zero-order chi connectivity index (χ0) is 13.1. The Morgan fingerprint density at radius 1 is 1.53 bits per heavy atom. The minimum Gasteiger partial charge on any atom is -0.469 e. The fourth-order valence-electron chi connectivity index (χ4n) is 1.78. The Hall–Kier alpha value is -1.06. The van der Waals surface area contributed by atoms with E-state index in [0.717, 1.165) is 5.56 Å². The number of esters is 1. The van der Waals surface area contributed by atoms with Gasteiger partial charge in [-0.3, -0.25) is 4.79 Å². The molecule has 0 fully saturated rings. The van der Waals surface area contributed by atoms with Crippen molar-refractivity contribution in [2.75, 3.05) is 7.11 Å². The zero-order valence-electron chi connectivity index (χ0n) is 10.4. The van der Waals surface area contributed by atoms with Gasteiger partial charge in [-0.15, -0.1) is 0 Å². The molecule has 1 unspecified atom stereocenters. The third kappa shape index (κ3) is 4.02. The summed E-state index contributed by atoms with van der Waals surface area (Å²) in [4.78, 5) is 11.4. The number of rotatable bonds is 4.